The summed E-state index contributed by atoms with van der Waals surface area (Å²) in [7, 11) is 0. The third kappa shape index (κ3) is 3.19. The fourth-order valence-corrected chi connectivity index (χ4v) is 5.01. The number of nitriles is 1. The molecule has 3 heterocycles. The van der Waals surface area contributed by atoms with E-state index in [0.717, 1.165) is 70.5 Å². The van der Waals surface area contributed by atoms with Gasteiger partial charge in [-0.2, -0.15) is 5.26 Å². The van der Waals surface area contributed by atoms with Crippen LogP contribution in [-0.2, 0) is 6.42 Å². The van der Waals surface area contributed by atoms with Gasteiger partial charge >= 0.3 is 0 Å². The Morgan fingerprint density at radius 1 is 1.06 bits per heavy atom. The molecule has 32 heavy (non-hydrogen) atoms. The van der Waals surface area contributed by atoms with Gasteiger partial charge in [-0.1, -0.05) is 41.9 Å². The predicted molar refractivity (Wildman–Crippen MR) is 132 cm³/mol. The molecule has 0 bridgehead atoms. The molecule has 0 unspecified atom stereocenters. The van der Waals surface area contributed by atoms with Crippen molar-refractivity contribution in [3.63, 3.8) is 0 Å². The van der Waals surface area contributed by atoms with Crippen molar-refractivity contribution in [3.05, 3.63) is 82.9 Å². The van der Waals surface area contributed by atoms with E-state index >= 15 is 0 Å². The Morgan fingerprint density at radius 3 is 2.47 bits per heavy atom. The SMILES string of the molecule is C=CCc1c(C)c(C#N)c2nc3ccccc3n2c1N1CCN(c2ccccc2Cl)CC1. The molecule has 6 heteroatoms. The molecule has 1 saturated heterocycles. The Labute approximate surface area is 192 Å². The molecule has 4 aromatic rings. The van der Waals surface area contributed by atoms with Crippen LogP contribution in [0.3, 0.4) is 0 Å². The number of nitrogens with zero attached hydrogens (tertiary/aromatic N) is 5. The summed E-state index contributed by atoms with van der Waals surface area (Å²) in [5.74, 6) is 1.11. The van der Waals surface area contributed by atoms with Crippen molar-refractivity contribution in [3.8, 4) is 6.07 Å². The third-order valence-electron chi connectivity index (χ3n) is 6.33. The summed E-state index contributed by atoms with van der Waals surface area (Å²) in [4.78, 5) is 9.59. The fourth-order valence-electron chi connectivity index (χ4n) is 4.75. The molecule has 5 nitrogen and oxygen atoms in total. The van der Waals surface area contributed by atoms with Crippen molar-refractivity contribution in [2.45, 2.75) is 13.3 Å². The van der Waals surface area contributed by atoms with Gasteiger partial charge in [0.2, 0.25) is 0 Å². The molecule has 1 aliphatic heterocycles. The Bertz CT molecular complexity index is 1370. The first kappa shape index (κ1) is 20.4. The number of para-hydroxylation sites is 3. The summed E-state index contributed by atoms with van der Waals surface area (Å²) >= 11 is 6.45. The zero-order valence-electron chi connectivity index (χ0n) is 18.1. The van der Waals surface area contributed by atoms with Crippen molar-refractivity contribution in [2.75, 3.05) is 36.0 Å². The van der Waals surface area contributed by atoms with Gasteiger partial charge in [-0.05, 0) is 43.2 Å². The molecule has 0 aliphatic carbocycles. The first-order valence-electron chi connectivity index (χ1n) is 10.8. The van der Waals surface area contributed by atoms with E-state index in [1.54, 1.807) is 0 Å². The lowest BCUT2D eigenvalue weighted by molar-refractivity contribution is 0.643. The standard InChI is InChI=1S/C26H24ClN5/c1-3-8-19-18(2)20(17-28)25-29-22-10-5-7-12-24(22)32(25)26(19)31-15-13-30(14-16-31)23-11-6-4-9-21(23)27/h3-7,9-12H,1,8,13-16H2,2H3. The van der Waals surface area contributed by atoms with Crippen LogP contribution in [0.4, 0.5) is 11.5 Å². The molecule has 2 aromatic heterocycles. The first-order valence-corrected chi connectivity index (χ1v) is 11.2. The van der Waals surface area contributed by atoms with Gasteiger partial charge in [-0.15, -0.1) is 6.58 Å². The monoisotopic (exact) mass is 441 g/mol. The van der Waals surface area contributed by atoms with E-state index in [9.17, 15) is 5.26 Å². The maximum Gasteiger partial charge on any atom is 0.157 e. The number of allylic oxidation sites excluding steroid dienone is 1. The number of hydrogen-bond donors (Lipinski definition) is 0. The number of piperazine rings is 1. The van der Waals surface area contributed by atoms with E-state index in [0.29, 0.717) is 12.0 Å². The number of fused-ring (bicyclic) bond motifs is 3. The van der Waals surface area contributed by atoms with E-state index in [1.807, 2.05) is 49.4 Å². The van der Waals surface area contributed by atoms with Gasteiger partial charge in [0, 0.05) is 31.7 Å². The van der Waals surface area contributed by atoms with Crippen LogP contribution in [0.1, 0.15) is 16.7 Å². The molecule has 1 aliphatic rings. The smallest absolute Gasteiger partial charge is 0.157 e. The molecule has 0 amide bonds. The Balaban J connectivity index is 1.65. The number of imidazole rings is 1. The van der Waals surface area contributed by atoms with Crippen molar-refractivity contribution >= 4 is 39.8 Å². The lowest BCUT2D eigenvalue weighted by atomic mass is 10.0. The summed E-state index contributed by atoms with van der Waals surface area (Å²) in [5.41, 5.74) is 6.48. The van der Waals surface area contributed by atoms with E-state index in [4.69, 9.17) is 16.6 Å². The van der Waals surface area contributed by atoms with Crippen molar-refractivity contribution in [1.29, 1.82) is 5.26 Å². The molecular formula is C26H24ClN5. The predicted octanol–water partition coefficient (Wildman–Crippen LogP) is 5.38. The molecule has 160 valence electrons. The maximum absolute atomic E-state index is 9.96. The van der Waals surface area contributed by atoms with Crippen LogP contribution in [0.5, 0.6) is 0 Å². The summed E-state index contributed by atoms with van der Waals surface area (Å²) in [6, 6.07) is 18.5. The van der Waals surface area contributed by atoms with Gasteiger partial charge in [0.25, 0.3) is 0 Å². The number of benzene rings is 2. The number of aromatic nitrogens is 2. The van der Waals surface area contributed by atoms with Crippen LogP contribution in [0, 0.1) is 18.3 Å². The van der Waals surface area contributed by atoms with Crippen LogP contribution in [0.15, 0.2) is 61.2 Å². The minimum Gasteiger partial charge on any atom is -0.367 e. The van der Waals surface area contributed by atoms with Crippen molar-refractivity contribution in [2.24, 2.45) is 0 Å². The van der Waals surface area contributed by atoms with Gasteiger partial charge in [-0.25, -0.2) is 4.98 Å². The van der Waals surface area contributed by atoms with Crippen molar-refractivity contribution < 1.29 is 0 Å². The zero-order chi connectivity index (χ0) is 22.2. The molecule has 0 atom stereocenters. The van der Waals surface area contributed by atoms with Gasteiger partial charge < -0.3 is 9.80 Å². The maximum atomic E-state index is 9.96. The van der Waals surface area contributed by atoms with E-state index in [2.05, 4.69) is 39.0 Å². The second-order valence-corrected chi connectivity index (χ2v) is 8.50. The second-order valence-electron chi connectivity index (χ2n) is 8.09. The van der Waals surface area contributed by atoms with Crippen LogP contribution in [0.25, 0.3) is 16.7 Å². The molecule has 0 saturated carbocycles. The topological polar surface area (TPSA) is 47.6 Å². The van der Waals surface area contributed by atoms with Crippen LogP contribution in [0.2, 0.25) is 5.02 Å². The summed E-state index contributed by atoms with van der Waals surface area (Å²) in [6.45, 7) is 9.44. The Morgan fingerprint density at radius 2 is 1.75 bits per heavy atom. The lowest BCUT2D eigenvalue weighted by Gasteiger charge is -2.39. The number of hydrogen-bond acceptors (Lipinski definition) is 4. The van der Waals surface area contributed by atoms with E-state index in [-0.39, 0.29) is 0 Å². The van der Waals surface area contributed by atoms with Gasteiger partial charge in [0.15, 0.2) is 5.65 Å². The number of anilines is 2. The summed E-state index contributed by atoms with van der Waals surface area (Å²) in [5, 5.41) is 10.7. The zero-order valence-corrected chi connectivity index (χ0v) is 18.8. The molecular weight excluding hydrogens is 418 g/mol. The largest absolute Gasteiger partial charge is 0.367 e. The highest BCUT2D eigenvalue weighted by molar-refractivity contribution is 6.33. The summed E-state index contributed by atoms with van der Waals surface area (Å²) in [6.07, 6.45) is 2.61. The molecule has 0 N–H and O–H groups in total. The average Bonchev–Trinajstić information content (AvgIpc) is 3.19. The lowest BCUT2D eigenvalue weighted by Crippen LogP contribution is -2.47. The highest BCUT2D eigenvalue weighted by atomic mass is 35.5. The Kier molecular flexibility index (Phi) is 5.24. The van der Waals surface area contributed by atoms with Gasteiger partial charge in [-0.3, -0.25) is 4.40 Å². The first-order chi connectivity index (χ1) is 15.6. The highest BCUT2D eigenvalue weighted by Crippen LogP contribution is 2.35. The van der Waals surface area contributed by atoms with Crippen molar-refractivity contribution in [1.82, 2.24) is 9.38 Å². The van der Waals surface area contributed by atoms with E-state index < -0.39 is 0 Å². The third-order valence-corrected chi connectivity index (χ3v) is 6.65. The molecule has 5 rings (SSSR count). The second kappa shape index (κ2) is 8.22. The number of halogens is 1. The van der Waals surface area contributed by atoms with Crippen LogP contribution in [-0.4, -0.2) is 35.6 Å². The number of rotatable bonds is 4. The highest BCUT2D eigenvalue weighted by Gasteiger charge is 2.26. The van der Waals surface area contributed by atoms with Crippen LogP contribution >= 0.6 is 11.6 Å². The number of pyridine rings is 1. The molecule has 0 radical (unpaired) electrons. The average molecular weight is 442 g/mol. The molecule has 0 spiro atoms. The molecule has 1 fully saturated rings. The van der Waals surface area contributed by atoms with Gasteiger partial charge in [0.1, 0.15) is 11.9 Å². The summed E-state index contributed by atoms with van der Waals surface area (Å²) < 4.78 is 2.17. The van der Waals surface area contributed by atoms with E-state index in [1.165, 1.54) is 0 Å². The Hall–Kier alpha value is -3.49. The van der Waals surface area contributed by atoms with Gasteiger partial charge in [0.05, 0.1) is 27.3 Å². The van der Waals surface area contributed by atoms with Crippen LogP contribution < -0.4 is 9.80 Å². The minimum absolute atomic E-state index is 0.636. The molecule has 2 aromatic carbocycles. The fraction of sp³-hybridized carbons (Fsp3) is 0.231. The normalized spacial score (nSPS) is 14.2. The quantitative estimate of drug-likeness (QED) is 0.399. The minimum atomic E-state index is 0.636.